The Balaban J connectivity index is 1.27. The first-order chi connectivity index (χ1) is 15.5. The van der Waals surface area contributed by atoms with Crippen molar-refractivity contribution >= 4 is 34.1 Å². The zero-order chi connectivity index (χ0) is 22.5. The first kappa shape index (κ1) is 22.0. The van der Waals surface area contributed by atoms with Crippen LogP contribution >= 0.6 is 11.3 Å². The number of aromatic amines is 1. The van der Waals surface area contributed by atoms with Gasteiger partial charge in [0.25, 0.3) is 5.56 Å². The SMILES string of the molecule is O=C(NCCc1cccs1)C1CCN(C(=O)CCn2c(=O)[nH]c(=O)c3ccccc32)CC1. The second kappa shape index (κ2) is 9.95. The van der Waals surface area contributed by atoms with Crippen molar-refractivity contribution < 1.29 is 9.59 Å². The molecule has 3 aromatic rings. The molecule has 0 atom stereocenters. The van der Waals surface area contributed by atoms with Gasteiger partial charge in [0.05, 0.1) is 10.9 Å². The van der Waals surface area contributed by atoms with Crippen LogP contribution in [-0.4, -0.2) is 45.9 Å². The minimum Gasteiger partial charge on any atom is -0.355 e. The maximum Gasteiger partial charge on any atom is 0.328 e. The average Bonchev–Trinajstić information content (AvgIpc) is 3.32. The van der Waals surface area contributed by atoms with Crippen molar-refractivity contribution in [1.82, 2.24) is 19.8 Å². The first-order valence-electron chi connectivity index (χ1n) is 10.8. The van der Waals surface area contributed by atoms with E-state index in [0.717, 1.165) is 6.42 Å². The predicted molar refractivity (Wildman–Crippen MR) is 124 cm³/mol. The van der Waals surface area contributed by atoms with Gasteiger partial charge in [-0.25, -0.2) is 4.79 Å². The molecule has 0 unspecified atom stereocenters. The van der Waals surface area contributed by atoms with E-state index < -0.39 is 11.2 Å². The van der Waals surface area contributed by atoms with E-state index in [2.05, 4.69) is 16.4 Å². The molecule has 2 amide bonds. The number of aryl methyl sites for hydroxylation is 1. The molecule has 1 saturated heterocycles. The Hall–Kier alpha value is -3.20. The molecule has 4 rings (SSSR count). The van der Waals surface area contributed by atoms with Gasteiger partial charge in [-0.1, -0.05) is 18.2 Å². The van der Waals surface area contributed by atoms with Crippen molar-refractivity contribution in [2.75, 3.05) is 19.6 Å². The Labute approximate surface area is 188 Å². The van der Waals surface area contributed by atoms with Gasteiger partial charge in [0, 0.05) is 43.4 Å². The first-order valence-corrected chi connectivity index (χ1v) is 11.7. The number of nitrogens with one attached hydrogen (secondary N) is 2. The van der Waals surface area contributed by atoms with Crippen molar-refractivity contribution in [3.63, 3.8) is 0 Å². The van der Waals surface area contributed by atoms with Crippen LogP contribution in [-0.2, 0) is 22.6 Å². The lowest BCUT2D eigenvalue weighted by Gasteiger charge is -2.31. The van der Waals surface area contributed by atoms with Crippen LogP contribution in [0.25, 0.3) is 10.9 Å². The molecule has 0 saturated carbocycles. The highest BCUT2D eigenvalue weighted by molar-refractivity contribution is 7.09. The molecular weight excluding hydrogens is 428 g/mol. The highest BCUT2D eigenvalue weighted by Gasteiger charge is 2.27. The molecule has 8 nitrogen and oxygen atoms in total. The number of H-pyrrole nitrogens is 1. The van der Waals surface area contributed by atoms with Crippen LogP contribution in [0, 0.1) is 5.92 Å². The highest BCUT2D eigenvalue weighted by atomic mass is 32.1. The molecule has 0 aliphatic carbocycles. The number of carbonyl (C=O) groups is 2. The monoisotopic (exact) mass is 454 g/mol. The Kier molecular flexibility index (Phi) is 6.84. The Morgan fingerprint density at radius 3 is 2.62 bits per heavy atom. The number of likely N-dealkylation sites (tertiary alicyclic amines) is 1. The summed E-state index contributed by atoms with van der Waals surface area (Å²) in [5.41, 5.74) is -0.421. The van der Waals surface area contributed by atoms with Gasteiger partial charge >= 0.3 is 5.69 Å². The molecule has 0 bridgehead atoms. The summed E-state index contributed by atoms with van der Waals surface area (Å²) in [6.07, 6.45) is 2.27. The van der Waals surface area contributed by atoms with Crippen LogP contribution in [0.15, 0.2) is 51.4 Å². The number of benzene rings is 1. The number of para-hydroxylation sites is 1. The van der Waals surface area contributed by atoms with Crippen LogP contribution in [0.1, 0.15) is 24.1 Å². The van der Waals surface area contributed by atoms with Gasteiger partial charge in [0.15, 0.2) is 0 Å². The minimum absolute atomic E-state index is 0.0521. The van der Waals surface area contributed by atoms with Crippen molar-refractivity contribution in [3.05, 3.63) is 67.5 Å². The number of piperidine rings is 1. The summed E-state index contributed by atoms with van der Waals surface area (Å²) in [5.74, 6) is -0.0724. The van der Waals surface area contributed by atoms with Gasteiger partial charge in [-0.15, -0.1) is 11.3 Å². The number of aromatic nitrogens is 2. The van der Waals surface area contributed by atoms with Gasteiger partial charge < -0.3 is 10.2 Å². The molecule has 3 heterocycles. The molecular formula is C23H26N4O4S. The summed E-state index contributed by atoms with van der Waals surface area (Å²) in [5, 5.41) is 5.46. The van der Waals surface area contributed by atoms with E-state index in [1.165, 1.54) is 9.44 Å². The summed E-state index contributed by atoms with van der Waals surface area (Å²) in [6.45, 7) is 1.88. The van der Waals surface area contributed by atoms with Crippen LogP contribution in [0.5, 0.6) is 0 Å². The molecule has 2 aromatic heterocycles. The lowest BCUT2D eigenvalue weighted by Crippen LogP contribution is -2.43. The van der Waals surface area contributed by atoms with E-state index in [4.69, 9.17) is 0 Å². The maximum absolute atomic E-state index is 12.7. The number of thiophene rings is 1. The summed E-state index contributed by atoms with van der Waals surface area (Å²) in [6, 6.07) is 10.9. The fraction of sp³-hybridized carbons (Fsp3) is 0.391. The van der Waals surface area contributed by atoms with Crippen molar-refractivity contribution in [1.29, 1.82) is 0 Å². The average molecular weight is 455 g/mol. The Bertz CT molecular complexity index is 1210. The van der Waals surface area contributed by atoms with Gasteiger partial charge in [-0.2, -0.15) is 0 Å². The van der Waals surface area contributed by atoms with Crippen LogP contribution < -0.4 is 16.6 Å². The molecule has 0 spiro atoms. The van der Waals surface area contributed by atoms with E-state index in [0.29, 0.717) is 43.4 Å². The van der Waals surface area contributed by atoms with Crippen LogP contribution in [0.4, 0.5) is 0 Å². The summed E-state index contributed by atoms with van der Waals surface area (Å²) < 4.78 is 1.43. The molecule has 32 heavy (non-hydrogen) atoms. The molecule has 9 heteroatoms. The fourth-order valence-electron chi connectivity index (χ4n) is 4.13. The maximum atomic E-state index is 12.7. The molecule has 1 aliphatic heterocycles. The predicted octanol–water partition coefficient (Wildman–Crippen LogP) is 1.74. The van der Waals surface area contributed by atoms with E-state index in [1.54, 1.807) is 40.5 Å². The van der Waals surface area contributed by atoms with E-state index in [-0.39, 0.29) is 30.7 Å². The minimum atomic E-state index is -0.514. The van der Waals surface area contributed by atoms with Crippen molar-refractivity contribution in [2.24, 2.45) is 5.92 Å². The lowest BCUT2D eigenvalue weighted by molar-refractivity contribution is -0.135. The fourth-order valence-corrected chi connectivity index (χ4v) is 4.84. The number of hydrogen-bond donors (Lipinski definition) is 2. The molecule has 0 radical (unpaired) electrons. The second-order valence-corrected chi connectivity index (χ2v) is 8.99. The van der Waals surface area contributed by atoms with E-state index in [1.807, 2.05) is 11.4 Å². The smallest absolute Gasteiger partial charge is 0.328 e. The normalized spacial score (nSPS) is 14.6. The number of nitrogens with zero attached hydrogens (tertiary/aromatic N) is 2. The van der Waals surface area contributed by atoms with E-state index >= 15 is 0 Å². The highest BCUT2D eigenvalue weighted by Crippen LogP contribution is 2.18. The number of rotatable bonds is 7. The third-order valence-electron chi connectivity index (χ3n) is 5.92. The number of carbonyl (C=O) groups excluding carboxylic acids is 2. The topological polar surface area (TPSA) is 104 Å². The Morgan fingerprint density at radius 1 is 1.09 bits per heavy atom. The van der Waals surface area contributed by atoms with Crippen molar-refractivity contribution in [3.8, 4) is 0 Å². The van der Waals surface area contributed by atoms with Crippen LogP contribution in [0.2, 0.25) is 0 Å². The molecule has 1 fully saturated rings. The zero-order valence-corrected chi connectivity index (χ0v) is 18.5. The molecule has 2 N–H and O–H groups in total. The van der Waals surface area contributed by atoms with Gasteiger partial charge in [-0.3, -0.25) is 23.9 Å². The van der Waals surface area contributed by atoms with Gasteiger partial charge in [-0.05, 0) is 42.8 Å². The largest absolute Gasteiger partial charge is 0.355 e. The van der Waals surface area contributed by atoms with Gasteiger partial charge in [0.2, 0.25) is 11.8 Å². The molecule has 1 aromatic carbocycles. The third-order valence-corrected chi connectivity index (χ3v) is 6.86. The lowest BCUT2D eigenvalue weighted by atomic mass is 9.95. The molecule has 1 aliphatic rings. The summed E-state index contributed by atoms with van der Waals surface area (Å²) in [4.78, 5) is 54.7. The number of hydrogen-bond acceptors (Lipinski definition) is 5. The third kappa shape index (κ3) is 4.99. The second-order valence-electron chi connectivity index (χ2n) is 7.95. The quantitative estimate of drug-likeness (QED) is 0.567. The number of amides is 2. The standard InChI is InChI=1S/C23H26N4O4S/c28-20(10-14-27-19-6-2-1-5-18(19)22(30)25-23(27)31)26-12-8-16(9-13-26)21(29)24-11-7-17-4-3-15-32-17/h1-6,15-16H,7-14H2,(H,24,29)(H,25,30,31). The van der Waals surface area contributed by atoms with Crippen LogP contribution in [0.3, 0.4) is 0 Å². The Morgan fingerprint density at radius 2 is 1.88 bits per heavy atom. The van der Waals surface area contributed by atoms with Gasteiger partial charge in [0.1, 0.15) is 0 Å². The zero-order valence-electron chi connectivity index (χ0n) is 17.7. The van der Waals surface area contributed by atoms with Crippen molar-refractivity contribution in [2.45, 2.75) is 32.2 Å². The summed E-state index contributed by atoms with van der Waals surface area (Å²) in [7, 11) is 0. The van der Waals surface area contributed by atoms with E-state index in [9.17, 15) is 19.2 Å². The summed E-state index contributed by atoms with van der Waals surface area (Å²) >= 11 is 1.68. The molecule has 168 valence electrons. The number of fused-ring (bicyclic) bond motifs is 1.